The van der Waals surface area contributed by atoms with Crippen molar-refractivity contribution in [3.05, 3.63) is 72.0 Å². The molecule has 10 heteroatoms. The largest absolute Gasteiger partial charge is 0.497 e. The van der Waals surface area contributed by atoms with Crippen LogP contribution < -0.4 is 20.1 Å². The van der Waals surface area contributed by atoms with E-state index in [2.05, 4.69) is 10.6 Å². The van der Waals surface area contributed by atoms with Gasteiger partial charge in [-0.15, -0.1) is 0 Å². The van der Waals surface area contributed by atoms with Crippen LogP contribution in [0, 0.1) is 5.82 Å². The van der Waals surface area contributed by atoms with E-state index in [0.29, 0.717) is 34.0 Å². The molecule has 9 nitrogen and oxygen atoms in total. The highest BCUT2D eigenvalue weighted by Gasteiger charge is 2.40. The molecule has 1 unspecified atom stereocenters. The normalized spacial score (nSPS) is 16.8. The van der Waals surface area contributed by atoms with Crippen molar-refractivity contribution in [2.24, 2.45) is 0 Å². The van der Waals surface area contributed by atoms with Gasteiger partial charge < -0.3 is 29.9 Å². The number of amides is 4. The summed E-state index contributed by atoms with van der Waals surface area (Å²) in [6.45, 7) is 0.401. The number of anilines is 2. The third kappa shape index (κ3) is 4.65. The molecule has 0 saturated carbocycles. The van der Waals surface area contributed by atoms with E-state index in [1.165, 1.54) is 30.1 Å². The standard InChI is InChI=1S/C27H25FN4O5/c1-36-18-12-17(13-19(14-18)37-2)29-27(35)31-9-10-32-24(15-31)25(33)30-23-8-7-16(11-21(23)26(32)34)20-5-3-4-6-22(20)28/h3-8,11-14,24H,9-10,15H2,1-2H3,(H,29,35)(H,30,33). The van der Waals surface area contributed by atoms with E-state index in [-0.39, 0.29) is 31.1 Å². The molecular weight excluding hydrogens is 479 g/mol. The Labute approximate surface area is 212 Å². The van der Waals surface area contributed by atoms with Crippen molar-refractivity contribution in [1.82, 2.24) is 9.80 Å². The lowest BCUT2D eigenvalue weighted by atomic mass is 10.0. The minimum Gasteiger partial charge on any atom is -0.497 e. The van der Waals surface area contributed by atoms with Crippen LogP contribution in [0.4, 0.5) is 20.6 Å². The van der Waals surface area contributed by atoms with Gasteiger partial charge in [-0.3, -0.25) is 9.59 Å². The maximum atomic E-state index is 14.4. The number of nitrogens with one attached hydrogen (secondary N) is 2. The van der Waals surface area contributed by atoms with E-state index >= 15 is 0 Å². The Balaban J connectivity index is 1.36. The van der Waals surface area contributed by atoms with Crippen LogP contribution in [0.1, 0.15) is 10.4 Å². The molecule has 37 heavy (non-hydrogen) atoms. The van der Waals surface area contributed by atoms with Crippen molar-refractivity contribution in [3.8, 4) is 22.6 Å². The van der Waals surface area contributed by atoms with Crippen LogP contribution in [-0.2, 0) is 4.79 Å². The maximum Gasteiger partial charge on any atom is 0.321 e. The van der Waals surface area contributed by atoms with E-state index in [0.717, 1.165) is 0 Å². The van der Waals surface area contributed by atoms with E-state index in [4.69, 9.17) is 9.47 Å². The summed E-state index contributed by atoms with van der Waals surface area (Å²) in [6, 6.07) is 14.9. The highest BCUT2D eigenvalue weighted by atomic mass is 19.1. The topological polar surface area (TPSA) is 100 Å². The second kappa shape index (κ2) is 9.81. The van der Waals surface area contributed by atoms with Gasteiger partial charge in [-0.25, -0.2) is 9.18 Å². The monoisotopic (exact) mass is 504 g/mol. The van der Waals surface area contributed by atoms with Gasteiger partial charge in [-0.05, 0) is 23.8 Å². The lowest BCUT2D eigenvalue weighted by Crippen LogP contribution is -2.60. The summed E-state index contributed by atoms with van der Waals surface area (Å²) >= 11 is 0. The smallest absolute Gasteiger partial charge is 0.321 e. The Morgan fingerprint density at radius 1 is 0.973 bits per heavy atom. The van der Waals surface area contributed by atoms with E-state index in [1.54, 1.807) is 54.6 Å². The molecule has 2 aliphatic rings. The van der Waals surface area contributed by atoms with Crippen LogP contribution in [0.2, 0.25) is 0 Å². The van der Waals surface area contributed by atoms with E-state index in [1.807, 2.05) is 0 Å². The summed E-state index contributed by atoms with van der Waals surface area (Å²) < 4.78 is 24.8. The number of methoxy groups -OCH3 is 2. The zero-order valence-corrected chi connectivity index (χ0v) is 20.3. The lowest BCUT2D eigenvalue weighted by Gasteiger charge is -2.39. The van der Waals surface area contributed by atoms with Gasteiger partial charge in [0.1, 0.15) is 23.4 Å². The van der Waals surface area contributed by atoms with Crippen LogP contribution in [0.3, 0.4) is 0 Å². The number of ether oxygens (including phenoxy) is 2. The molecule has 2 N–H and O–H groups in total. The fraction of sp³-hybridized carbons (Fsp3) is 0.222. The van der Waals surface area contributed by atoms with Gasteiger partial charge in [-0.1, -0.05) is 24.3 Å². The van der Waals surface area contributed by atoms with Crippen LogP contribution in [0.15, 0.2) is 60.7 Å². The van der Waals surface area contributed by atoms with Gasteiger partial charge in [0, 0.05) is 42.5 Å². The molecule has 1 saturated heterocycles. The number of carbonyl (C=O) groups excluding carboxylic acids is 3. The van der Waals surface area contributed by atoms with Crippen LogP contribution in [0.5, 0.6) is 11.5 Å². The number of hydrogen-bond acceptors (Lipinski definition) is 5. The van der Waals surface area contributed by atoms with E-state index in [9.17, 15) is 18.8 Å². The first-order valence-corrected chi connectivity index (χ1v) is 11.7. The number of urea groups is 1. The zero-order chi connectivity index (χ0) is 26.1. The van der Waals surface area contributed by atoms with Crippen LogP contribution >= 0.6 is 0 Å². The van der Waals surface area contributed by atoms with Crippen molar-refractivity contribution in [2.75, 3.05) is 44.5 Å². The van der Waals surface area contributed by atoms with Crippen LogP contribution in [0.25, 0.3) is 11.1 Å². The Morgan fingerprint density at radius 3 is 2.41 bits per heavy atom. The molecule has 0 aromatic heterocycles. The van der Waals surface area contributed by atoms with Gasteiger partial charge in [0.2, 0.25) is 5.91 Å². The highest BCUT2D eigenvalue weighted by Crippen LogP contribution is 2.31. The summed E-state index contributed by atoms with van der Waals surface area (Å²) in [5.41, 5.74) is 1.99. The molecule has 2 heterocycles. The zero-order valence-electron chi connectivity index (χ0n) is 20.3. The molecule has 3 aromatic rings. The number of rotatable bonds is 4. The maximum absolute atomic E-state index is 14.4. The summed E-state index contributed by atoms with van der Waals surface area (Å²) in [5, 5.41) is 5.60. The summed E-state index contributed by atoms with van der Waals surface area (Å²) in [4.78, 5) is 42.6. The summed E-state index contributed by atoms with van der Waals surface area (Å²) in [7, 11) is 3.02. The number of fused-ring (bicyclic) bond motifs is 2. The number of nitrogens with zero attached hydrogens (tertiary/aromatic N) is 2. The van der Waals surface area contributed by atoms with Gasteiger partial charge >= 0.3 is 6.03 Å². The average Bonchev–Trinajstić information content (AvgIpc) is 3.02. The third-order valence-corrected chi connectivity index (χ3v) is 6.53. The number of benzene rings is 3. The first-order valence-electron chi connectivity index (χ1n) is 11.7. The molecule has 1 atom stereocenters. The SMILES string of the molecule is COc1cc(NC(=O)N2CCN3C(=O)c4cc(-c5ccccc5F)ccc4NC(=O)C3C2)cc(OC)c1. The van der Waals surface area contributed by atoms with Crippen molar-refractivity contribution >= 4 is 29.2 Å². The molecule has 0 bridgehead atoms. The molecule has 0 radical (unpaired) electrons. The Kier molecular flexibility index (Phi) is 6.39. The van der Waals surface area contributed by atoms with Gasteiger partial charge in [-0.2, -0.15) is 0 Å². The lowest BCUT2D eigenvalue weighted by molar-refractivity contribution is -0.121. The van der Waals surface area contributed by atoms with E-state index < -0.39 is 23.8 Å². The molecule has 5 rings (SSSR count). The second-order valence-corrected chi connectivity index (χ2v) is 8.72. The number of piperazine rings is 1. The molecule has 190 valence electrons. The molecule has 0 aliphatic carbocycles. The second-order valence-electron chi connectivity index (χ2n) is 8.72. The average molecular weight is 505 g/mol. The van der Waals surface area contributed by atoms with Crippen LogP contribution in [-0.4, -0.2) is 67.5 Å². The van der Waals surface area contributed by atoms with Gasteiger partial charge in [0.15, 0.2) is 0 Å². The summed E-state index contributed by atoms with van der Waals surface area (Å²) in [6.07, 6.45) is 0. The van der Waals surface area contributed by atoms with Crippen molar-refractivity contribution in [3.63, 3.8) is 0 Å². The fourth-order valence-electron chi connectivity index (χ4n) is 4.58. The predicted molar refractivity (Wildman–Crippen MR) is 135 cm³/mol. The Morgan fingerprint density at radius 2 is 1.70 bits per heavy atom. The minimum atomic E-state index is -0.879. The summed E-state index contributed by atoms with van der Waals surface area (Å²) in [5.74, 6) is -0.124. The Hall–Kier alpha value is -4.60. The minimum absolute atomic E-state index is 0.0126. The quantitative estimate of drug-likeness (QED) is 0.563. The number of halogens is 1. The fourth-order valence-corrected chi connectivity index (χ4v) is 4.58. The molecule has 2 aliphatic heterocycles. The highest BCUT2D eigenvalue weighted by molar-refractivity contribution is 6.11. The van der Waals surface area contributed by atoms with Crippen molar-refractivity contribution in [2.45, 2.75) is 6.04 Å². The van der Waals surface area contributed by atoms with Crippen molar-refractivity contribution in [1.29, 1.82) is 0 Å². The number of hydrogen-bond donors (Lipinski definition) is 2. The molecule has 3 aromatic carbocycles. The predicted octanol–water partition coefficient (Wildman–Crippen LogP) is 3.82. The first-order chi connectivity index (χ1) is 17.9. The van der Waals surface area contributed by atoms with Gasteiger partial charge in [0.25, 0.3) is 5.91 Å². The molecule has 1 fully saturated rings. The number of carbonyl (C=O) groups is 3. The first kappa shape index (κ1) is 24.1. The molecule has 4 amide bonds. The molecule has 0 spiro atoms. The Bertz CT molecular complexity index is 1370. The van der Waals surface area contributed by atoms with Gasteiger partial charge in [0.05, 0.1) is 32.0 Å². The molecular formula is C27H25FN4O5. The third-order valence-electron chi connectivity index (χ3n) is 6.53. The van der Waals surface area contributed by atoms with Crippen molar-refractivity contribution < 1.29 is 28.2 Å².